The number of aromatic nitrogens is 2. The second-order valence-corrected chi connectivity index (χ2v) is 10.3. The Hall–Kier alpha value is -3.04. The number of carbonyl (C=O) groups excluding carboxylic acids is 1. The summed E-state index contributed by atoms with van der Waals surface area (Å²) in [6.07, 6.45) is 5.74. The lowest BCUT2D eigenvalue weighted by molar-refractivity contribution is -0.127. The highest BCUT2D eigenvalue weighted by molar-refractivity contribution is 7.99. The van der Waals surface area contributed by atoms with Gasteiger partial charge in [-0.3, -0.25) is 14.2 Å². The second kappa shape index (κ2) is 9.68. The lowest BCUT2D eigenvalue weighted by Crippen LogP contribution is -2.28. The van der Waals surface area contributed by atoms with Crippen LogP contribution in [0.2, 0.25) is 0 Å². The van der Waals surface area contributed by atoms with Gasteiger partial charge in [-0.15, -0.1) is 11.3 Å². The number of furan rings is 1. The quantitative estimate of drug-likeness (QED) is 0.274. The average molecular weight is 496 g/mol. The van der Waals surface area contributed by atoms with Gasteiger partial charge in [0.2, 0.25) is 5.91 Å². The summed E-state index contributed by atoms with van der Waals surface area (Å²) < 4.78 is 12.3. The van der Waals surface area contributed by atoms with Gasteiger partial charge in [0.25, 0.3) is 5.56 Å². The number of nitrogens with zero attached hydrogens (tertiary/aromatic N) is 3. The Kier molecular flexibility index (Phi) is 6.47. The Morgan fingerprint density at radius 1 is 1.24 bits per heavy atom. The lowest BCUT2D eigenvalue weighted by Gasteiger charge is -2.17. The van der Waals surface area contributed by atoms with Crippen LogP contribution in [0.1, 0.15) is 29.0 Å². The van der Waals surface area contributed by atoms with E-state index < -0.39 is 0 Å². The summed E-state index contributed by atoms with van der Waals surface area (Å²) >= 11 is 2.90. The van der Waals surface area contributed by atoms with E-state index in [4.69, 9.17) is 14.1 Å². The maximum Gasteiger partial charge on any atom is 0.267 e. The minimum absolute atomic E-state index is 0.0671. The number of methoxy groups -OCH3 is 1. The van der Waals surface area contributed by atoms with Crippen molar-refractivity contribution in [2.45, 2.75) is 37.4 Å². The zero-order chi connectivity index (χ0) is 23.7. The van der Waals surface area contributed by atoms with E-state index in [1.165, 1.54) is 16.6 Å². The van der Waals surface area contributed by atoms with Gasteiger partial charge >= 0.3 is 0 Å². The van der Waals surface area contributed by atoms with Crippen molar-refractivity contribution in [1.82, 2.24) is 14.5 Å². The van der Waals surface area contributed by atoms with Crippen LogP contribution >= 0.6 is 23.1 Å². The Bertz CT molecular complexity index is 1370. The Labute approximate surface area is 205 Å². The molecule has 3 heterocycles. The number of aryl methyl sites for hydroxylation is 2. The van der Waals surface area contributed by atoms with Crippen molar-refractivity contribution in [1.29, 1.82) is 0 Å². The number of ether oxygens (including phenoxy) is 1. The number of thioether (sulfide) groups is 1. The van der Waals surface area contributed by atoms with Crippen molar-refractivity contribution < 1.29 is 13.9 Å². The molecule has 1 aliphatic rings. The molecule has 0 bridgehead atoms. The van der Waals surface area contributed by atoms with E-state index in [1.54, 1.807) is 47.3 Å². The highest BCUT2D eigenvalue weighted by Gasteiger charge is 2.23. The van der Waals surface area contributed by atoms with Crippen LogP contribution in [0.3, 0.4) is 0 Å². The van der Waals surface area contributed by atoms with E-state index in [9.17, 15) is 9.59 Å². The molecule has 1 aromatic carbocycles. The number of amides is 1. The molecule has 9 heteroatoms. The predicted molar refractivity (Wildman–Crippen MR) is 134 cm³/mol. The van der Waals surface area contributed by atoms with Gasteiger partial charge in [0, 0.05) is 11.9 Å². The van der Waals surface area contributed by atoms with Gasteiger partial charge in [0.1, 0.15) is 16.3 Å². The Balaban J connectivity index is 1.51. The first kappa shape index (κ1) is 22.7. The zero-order valence-corrected chi connectivity index (χ0v) is 20.7. The standard InChI is InChI=1S/C25H25N3O4S2/c1-27(14-18-6-5-13-32-18)21(29)15-33-25-26-23-22(19-7-3-4-8-20(19)34-23)24(30)28(25)16-9-11-17(31-2)12-10-16/h5-6,9-13H,3-4,7-8,14-15H2,1-2H3. The van der Waals surface area contributed by atoms with Crippen molar-refractivity contribution in [3.8, 4) is 11.4 Å². The molecule has 0 saturated heterocycles. The topological polar surface area (TPSA) is 77.6 Å². The third-order valence-electron chi connectivity index (χ3n) is 6.01. The fourth-order valence-corrected chi connectivity index (χ4v) is 6.46. The van der Waals surface area contributed by atoms with E-state index in [0.29, 0.717) is 23.1 Å². The molecule has 176 valence electrons. The molecular weight excluding hydrogens is 470 g/mol. The van der Waals surface area contributed by atoms with E-state index in [0.717, 1.165) is 47.2 Å². The number of benzene rings is 1. The predicted octanol–water partition coefficient (Wildman–Crippen LogP) is 4.68. The molecule has 0 fully saturated rings. The molecule has 0 unspecified atom stereocenters. The molecule has 3 aromatic heterocycles. The van der Waals surface area contributed by atoms with Gasteiger partial charge in [-0.05, 0) is 67.6 Å². The third kappa shape index (κ3) is 4.37. The molecule has 0 spiro atoms. The SMILES string of the molecule is COc1ccc(-n2c(SCC(=O)N(C)Cc3ccco3)nc3sc4c(c3c2=O)CCCC4)cc1. The zero-order valence-electron chi connectivity index (χ0n) is 19.1. The van der Waals surface area contributed by atoms with Crippen molar-refractivity contribution in [2.24, 2.45) is 0 Å². The smallest absolute Gasteiger partial charge is 0.267 e. The summed E-state index contributed by atoms with van der Waals surface area (Å²) in [6.45, 7) is 0.391. The van der Waals surface area contributed by atoms with Crippen LogP contribution in [0.25, 0.3) is 15.9 Å². The molecule has 1 amide bonds. The summed E-state index contributed by atoms with van der Waals surface area (Å²) in [4.78, 5) is 35.2. The van der Waals surface area contributed by atoms with Crippen LogP contribution in [0.4, 0.5) is 0 Å². The molecule has 5 rings (SSSR count). The molecule has 34 heavy (non-hydrogen) atoms. The average Bonchev–Trinajstić information content (AvgIpc) is 3.50. The largest absolute Gasteiger partial charge is 0.497 e. The van der Waals surface area contributed by atoms with Crippen LogP contribution < -0.4 is 10.3 Å². The number of hydrogen-bond donors (Lipinski definition) is 0. The molecule has 0 atom stereocenters. The van der Waals surface area contributed by atoms with E-state index in [1.807, 2.05) is 30.3 Å². The van der Waals surface area contributed by atoms with Crippen molar-refractivity contribution in [3.05, 3.63) is 69.2 Å². The molecule has 0 radical (unpaired) electrons. The Morgan fingerprint density at radius 3 is 2.76 bits per heavy atom. The van der Waals surface area contributed by atoms with Crippen molar-refractivity contribution in [2.75, 3.05) is 19.9 Å². The molecule has 7 nitrogen and oxygen atoms in total. The van der Waals surface area contributed by atoms with Gasteiger partial charge in [-0.2, -0.15) is 0 Å². The minimum Gasteiger partial charge on any atom is -0.497 e. The second-order valence-electron chi connectivity index (χ2n) is 8.24. The lowest BCUT2D eigenvalue weighted by atomic mass is 9.97. The van der Waals surface area contributed by atoms with Gasteiger partial charge in [0.15, 0.2) is 5.16 Å². The van der Waals surface area contributed by atoms with Crippen LogP contribution in [-0.4, -0.2) is 40.3 Å². The third-order valence-corrected chi connectivity index (χ3v) is 8.12. The fraction of sp³-hybridized carbons (Fsp3) is 0.320. The van der Waals surface area contributed by atoms with Gasteiger partial charge in [-0.25, -0.2) is 4.98 Å². The van der Waals surface area contributed by atoms with Crippen LogP contribution in [0.15, 0.2) is 57.0 Å². The minimum atomic E-state index is -0.0755. The van der Waals surface area contributed by atoms with Crippen LogP contribution in [-0.2, 0) is 24.2 Å². The number of fused-ring (bicyclic) bond motifs is 3. The first-order valence-electron chi connectivity index (χ1n) is 11.2. The van der Waals surface area contributed by atoms with E-state index >= 15 is 0 Å². The Morgan fingerprint density at radius 2 is 2.03 bits per heavy atom. The molecule has 4 aromatic rings. The fourth-order valence-electron chi connectivity index (χ4n) is 4.20. The summed E-state index contributed by atoms with van der Waals surface area (Å²) in [7, 11) is 3.35. The highest BCUT2D eigenvalue weighted by Crippen LogP contribution is 2.35. The first-order chi connectivity index (χ1) is 16.5. The summed E-state index contributed by atoms with van der Waals surface area (Å²) in [6, 6.07) is 11.0. The summed E-state index contributed by atoms with van der Waals surface area (Å²) in [5.74, 6) is 1.53. The van der Waals surface area contributed by atoms with Crippen LogP contribution in [0, 0.1) is 0 Å². The number of rotatable bonds is 7. The maximum atomic E-state index is 13.8. The molecule has 1 aliphatic carbocycles. The maximum absolute atomic E-state index is 13.8. The highest BCUT2D eigenvalue weighted by atomic mass is 32.2. The van der Waals surface area contributed by atoms with Crippen LogP contribution in [0.5, 0.6) is 5.75 Å². The molecule has 0 saturated carbocycles. The van der Waals surface area contributed by atoms with Gasteiger partial charge < -0.3 is 14.1 Å². The summed E-state index contributed by atoms with van der Waals surface area (Å²) in [5, 5.41) is 1.24. The monoisotopic (exact) mass is 495 g/mol. The van der Waals surface area contributed by atoms with Crippen molar-refractivity contribution >= 4 is 39.2 Å². The van der Waals surface area contributed by atoms with E-state index in [-0.39, 0.29) is 17.2 Å². The number of hydrogen-bond acceptors (Lipinski definition) is 7. The molecule has 0 N–H and O–H groups in total. The molecule has 0 aliphatic heterocycles. The first-order valence-corrected chi connectivity index (χ1v) is 13.0. The van der Waals surface area contributed by atoms with Gasteiger partial charge in [0.05, 0.1) is 36.7 Å². The molecular formula is C25H25N3O4S2. The number of carbonyl (C=O) groups is 1. The van der Waals surface area contributed by atoms with Crippen molar-refractivity contribution in [3.63, 3.8) is 0 Å². The number of thiophene rings is 1. The van der Waals surface area contributed by atoms with Gasteiger partial charge in [-0.1, -0.05) is 11.8 Å². The normalized spacial score (nSPS) is 13.1. The summed E-state index contributed by atoms with van der Waals surface area (Å²) in [5.41, 5.74) is 1.78. The van der Waals surface area contributed by atoms with E-state index in [2.05, 4.69) is 0 Å².